The van der Waals surface area contributed by atoms with Crippen LogP contribution in [-0.2, 0) is 11.4 Å². The number of hydrogen-bond donors (Lipinski definition) is 3. The summed E-state index contributed by atoms with van der Waals surface area (Å²) in [5.41, 5.74) is 2.92. The Kier molecular flexibility index (Phi) is 7.38. The maximum absolute atomic E-state index is 13.3. The van der Waals surface area contributed by atoms with Crippen LogP contribution in [0.3, 0.4) is 0 Å². The van der Waals surface area contributed by atoms with Gasteiger partial charge in [0.1, 0.15) is 34.8 Å². The molecule has 44 heavy (non-hydrogen) atoms. The Morgan fingerprint density at radius 2 is 1.68 bits per heavy atom. The van der Waals surface area contributed by atoms with E-state index in [9.17, 15) is 24.9 Å². The molecule has 3 N–H and O–H groups in total. The predicted molar refractivity (Wildman–Crippen MR) is 163 cm³/mol. The number of ether oxygens (including phenoxy) is 3. The molecule has 1 aliphatic heterocycles. The number of fused-ring (bicyclic) bond motifs is 3. The zero-order chi connectivity index (χ0) is 31.1. The van der Waals surface area contributed by atoms with Gasteiger partial charge in [0.15, 0.2) is 28.4 Å². The molecule has 6 rings (SSSR count). The monoisotopic (exact) mass is 594 g/mol. The van der Waals surface area contributed by atoms with Gasteiger partial charge in [-0.15, -0.1) is 0 Å². The first-order valence-corrected chi connectivity index (χ1v) is 14.1. The van der Waals surface area contributed by atoms with Gasteiger partial charge in [-0.3, -0.25) is 9.59 Å². The summed E-state index contributed by atoms with van der Waals surface area (Å²) in [6.45, 7) is 4.49. The molecular weight excluding hydrogens is 564 g/mol. The van der Waals surface area contributed by atoms with Crippen molar-refractivity contribution in [2.45, 2.75) is 38.7 Å². The molecule has 4 aromatic carbocycles. The third-order valence-corrected chi connectivity index (χ3v) is 7.82. The lowest BCUT2D eigenvalue weighted by atomic mass is 9.84. The van der Waals surface area contributed by atoms with Crippen LogP contribution in [0.2, 0.25) is 0 Å². The van der Waals surface area contributed by atoms with Gasteiger partial charge in [0, 0.05) is 34.7 Å². The van der Waals surface area contributed by atoms with E-state index >= 15 is 0 Å². The van der Waals surface area contributed by atoms with Crippen LogP contribution in [-0.4, -0.2) is 28.4 Å². The number of aromatic hydroxyl groups is 3. The van der Waals surface area contributed by atoms with Gasteiger partial charge in [-0.05, 0) is 41.3 Å². The van der Waals surface area contributed by atoms with Crippen LogP contribution < -0.4 is 19.6 Å². The molecule has 0 aliphatic carbocycles. The zero-order valence-electron chi connectivity index (χ0n) is 24.3. The van der Waals surface area contributed by atoms with Gasteiger partial charge in [-0.2, -0.15) is 0 Å². The van der Waals surface area contributed by atoms with Gasteiger partial charge in [-0.25, -0.2) is 0 Å². The fourth-order valence-corrected chi connectivity index (χ4v) is 5.52. The normalized spacial score (nSPS) is 14.4. The Balaban J connectivity index is 1.51. The van der Waals surface area contributed by atoms with E-state index in [-0.39, 0.29) is 41.3 Å². The minimum absolute atomic E-state index is 0.0191. The molecule has 0 spiro atoms. The topological polar surface area (TPSA) is 136 Å². The van der Waals surface area contributed by atoms with Crippen molar-refractivity contribution < 1.29 is 38.7 Å². The van der Waals surface area contributed by atoms with Crippen molar-refractivity contribution in [3.63, 3.8) is 0 Å². The maximum atomic E-state index is 13.3. The van der Waals surface area contributed by atoms with Crippen LogP contribution in [0.15, 0.2) is 82.0 Å². The fraction of sp³-hybridized carbons (Fsp3) is 0.200. The first-order valence-electron chi connectivity index (χ1n) is 14.1. The van der Waals surface area contributed by atoms with E-state index in [4.69, 9.17) is 18.6 Å². The highest BCUT2D eigenvalue weighted by Crippen LogP contribution is 2.49. The summed E-state index contributed by atoms with van der Waals surface area (Å²) in [5, 5.41) is 30.6. The molecule has 0 saturated heterocycles. The van der Waals surface area contributed by atoms with Crippen molar-refractivity contribution in [3.05, 3.63) is 105 Å². The number of para-hydroxylation sites is 1. The first kappa shape index (κ1) is 28.7. The standard InChI is InChI=1S/C35H30O9/c1-18(2)20-9-7-19(8-10-20)17-42-34-22(5-4-6-28(34)41-3)23-14-31(40)43-30-16-27(39)33-26(38)15-29(44-35(33)32(23)30)21-11-12-24(36)25(37)13-21/h4-13,15-16,18,23,36-37,39H,14,17H2,1-3H3. The van der Waals surface area contributed by atoms with Crippen molar-refractivity contribution in [2.24, 2.45) is 0 Å². The number of phenols is 3. The highest BCUT2D eigenvalue weighted by atomic mass is 16.5. The molecular formula is C35H30O9. The molecule has 1 aliphatic rings. The van der Waals surface area contributed by atoms with Gasteiger partial charge in [0.05, 0.1) is 13.5 Å². The Morgan fingerprint density at radius 3 is 2.39 bits per heavy atom. The van der Waals surface area contributed by atoms with Crippen molar-refractivity contribution in [2.75, 3.05) is 7.11 Å². The molecule has 224 valence electrons. The molecule has 5 aromatic rings. The Hall–Kier alpha value is -5.44. The molecule has 1 unspecified atom stereocenters. The quantitative estimate of drug-likeness (QED) is 0.106. The molecule has 9 nitrogen and oxygen atoms in total. The molecule has 0 saturated carbocycles. The molecule has 2 heterocycles. The number of phenolic OH excluding ortho intramolecular Hbond substituents is 3. The predicted octanol–water partition coefficient (Wildman–Crippen LogP) is 6.73. The zero-order valence-corrected chi connectivity index (χ0v) is 24.3. The minimum atomic E-state index is -0.700. The number of methoxy groups -OCH3 is 1. The molecule has 1 atom stereocenters. The summed E-state index contributed by atoms with van der Waals surface area (Å²) in [6.07, 6.45) is -0.104. The van der Waals surface area contributed by atoms with Crippen LogP contribution in [0.1, 0.15) is 54.4 Å². The van der Waals surface area contributed by atoms with Gasteiger partial charge < -0.3 is 33.9 Å². The molecule has 0 bridgehead atoms. The highest BCUT2D eigenvalue weighted by Gasteiger charge is 2.36. The number of hydrogen-bond acceptors (Lipinski definition) is 9. The number of carbonyl (C=O) groups excluding carboxylic acids is 1. The number of rotatable bonds is 7. The van der Waals surface area contributed by atoms with Crippen LogP contribution in [0.25, 0.3) is 22.3 Å². The Bertz CT molecular complexity index is 1960. The van der Waals surface area contributed by atoms with E-state index in [1.54, 1.807) is 12.1 Å². The first-order chi connectivity index (χ1) is 21.1. The lowest BCUT2D eigenvalue weighted by Gasteiger charge is -2.28. The second-order valence-electron chi connectivity index (χ2n) is 11.0. The Morgan fingerprint density at radius 1 is 0.909 bits per heavy atom. The summed E-state index contributed by atoms with van der Waals surface area (Å²) >= 11 is 0. The maximum Gasteiger partial charge on any atom is 0.312 e. The SMILES string of the molecule is COc1cccc(C2CC(=O)Oc3cc(O)c4c(=O)cc(-c5ccc(O)c(O)c5)oc4c32)c1OCc1ccc(C(C)C)cc1. The van der Waals surface area contributed by atoms with Crippen LogP contribution in [0, 0.1) is 0 Å². The number of carbonyl (C=O) groups is 1. The van der Waals surface area contributed by atoms with Crippen LogP contribution in [0.5, 0.6) is 34.5 Å². The van der Waals surface area contributed by atoms with Gasteiger partial charge in [0.25, 0.3) is 0 Å². The van der Waals surface area contributed by atoms with E-state index in [0.717, 1.165) is 5.56 Å². The fourth-order valence-electron chi connectivity index (χ4n) is 5.52. The van der Waals surface area contributed by atoms with Crippen molar-refractivity contribution in [1.82, 2.24) is 0 Å². The van der Waals surface area contributed by atoms with Crippen molar-refractivity contribution in [1.29, 1.82) is 0 Å². The number of benzene rings is 4. The number of esters is 1. The molecule has 1 aromatic heterocycles. The van der Waals surface area contributed by atoms with Crippen molar-refractivity contribution in [3.8, 4) is 45.8 Å². The van der Waals surface area contributed by atoms with Gasteiger partial charge in [0.2, 0.25) is 0 Å². The van der Waals surface area contributed by atoms with Gasteiger partial charge in [-0.1, -0.05) is 50.2 Å². The lowest BCUT2D eigenvalue weighted by Crippen LogP contribution is -2.22. The van der Waals surface area contributed by atoms with Gasteiger partial charge >= 0.3 is 5.97 Å². The second kappa shape index (κ2) is 11.3. The van der Waals surface area contributed by atoms with Crippen LogP contribution >= 0.6 is 0 Å². The van der Waals surface area contributed by atoms with Crippen molar-refractivity contribution >= 4 is 16.9 Å². The lowest BCUT2D eigenvalue weighted by molar-refractivity contribution is -0.135. The third-order valence-electron chi connectivity index (χ3n) is 7.82. The van der Waals surface area contributed by atoms with E-state index in [1.807, 2.05) is 18.2 Å². The highest BCUT2D eigenvalue weighted by molar-refractivity contribution is 5.93. The largest absolute Gasteiger partial charge is 0.507 e. The minimum Gasteiger partial charge on any atom is -0.507 e. The molecule has 0 amide bonds. The third kappa shape index (κ3) is 5.17. The summed E-state index contributed by atoms with van der Waals surface area (Å²) in [4.78, 5) is 26.2. The smallest absolute Gasteiger partial charge is 0.312 e. The van der Waals surface area contributed by atoms with Crippen LogP contribution in [0.4, 0.5) is 0 Å². The van der Waals surface area contributed by atoms with E-state index in [0.29, 0.717) is 34.1 Å². The summed E-state index contributed by atoms with van der Waals surface area (Å²) in [7, 11) is 1.53. The summed E-state index contributed by atoms with van der Waals surface area (Å²) < 4.78 is 23.8. The summed E-state index contributed by atoms with van der Waals surface area (Å²) in [5.74, 6) is -0.998. The average molecular weight is 595 g/mol. The summed E-state index contributed by atoms with van der Waals surface area (Å²) in [6, 6.07) is 19.9. The molecule has 0 radical (unpaired) electrons. The molecule has 0 fully saturated rings. The molecule has 9 heteroatoms. The average Bonchev–Trinajstić information content (AvgIpc) is 3.00. The van der Waals surface area contributed by atoms with E-state index in [1.165, 1.54) is 43.0 Å². The Labute approximate surface area is 252 Å². The van der Waals surface area contributed by atoms with E-state index in [2.05, 4.69) is 26.0 Å². The second-order valence-corrected chi connectivity index (χ2v) is 11.0. The van der Waals surface area contributed by atoms with E-state index < -0.39 is 28.8 Å².